The van der Waals surface area contributed by atoms with E-state index in [1.807, 2.05) is 13.0 Å². The second-order valence-corrected chi connectivity index (χ2v) is 3.64. The number of hydrogen-bond acceptors (Lipinski definition) is 0. The second kappa shape index (κ2) is 10.2. The lowest BCUT2D eigenvalue weighted by Gasteiger charge is -1.99. The van der Waals surface area contributed by atoms with Crippen LogP contribution in [0.4, 0.5) is 4.39 Å². The Kier molecular flexibility index (Phi) is 9.41. The van der Waals surface area contributed by atoms with E-state index in [0.717, 1.165) is 18.4 Å². The van der Waals surface area contributed by atoms with E-state index in [2.05, 4.69) is 12.8 Å². The number of hydrogen-bond donors (Lipinski definition) is 0. The van der Waals surface area contributed by atoms with Gasteiger partial charge in [-0.25, -0.2) is 4.39 Å². The van der Waals surface area contributed by atoms with E-state index >= 15 is 0 Å². The molecule has 0 aliphatic rings. The number of aryl methyl sites for hydroxylation is 1. The molecule has 1 rings (SSSR count). The largest absolute Gasteiger partial charge is 0.207 e. The Bertz CT molecular complexity index is 309. The number of rotatable bonds is 4. The van der Waals surface area contributed by atoms with Crippen LogP contribution in [0.25, 0.3) is 0 Å². The van der Waals surface area contributed by atoms with Crippen molar-refractivity contribution in [2.24, 2.45) is 0 Å². The van der Waals surface area contributed by atoms with Crippen LogP contribution in [0.2, 0.25) is 0 Å². The molecule has 88 valence electrons. The van der Waals surface area contributed by atoms with Gasteiger partial charge in [0.25, 0.3) is 0 Å². The van der Waals surface area contributed by atoms with Crippen molar-refractivity contribution in [1.82, 2.24) is 0 Å². The first-order valence-corrected chi connectivity index (χ1v) is 5.92. The molecule has 0 saturated carbocycles. The Morgan fingerprint density at radius 1 is 1.25 bits per heavy atom. The molecular formula is C15H21F. The predicted octanol–water partition coefficient (Wildman–Crippen LogP) is 4.59. The minimum atomic E-state index is -0.121. The van der Waals surface area contributed by atoms with Crippen LogP contribution in [0.5, 0.6) is 0 Å². The zero-order valence-corrected chi connectivity index (χ0v) is 10.3. The Balaban J connectivity index is 0.000000487. The fourth-order valence-electron chi connectivity index (χ4n) is 1.27. The predicted molar refractivity (Wildman–Crippen MR) is 68.8 cm³/mol. The van der Waals surface area contributed by atoms with Gasteiger partial charge in [0.2, 0.25) is 0 Å². The highest BCUT2D eigenvalue weighted by Crippen LogP contribution is 2.08. The summed E-state index contributed by atoms with van der Waals surface area (Å²) in [7, 11) is 0. The van der Waals surface area contributed by atoms with Gasteiger partial charge < -0.3 is 0 Å². The summed E-state index contributed by atoms with van der Waals surface area (Å²) in [6.07, 6.45) is 10.2. The van der Waals surface area contributed by atoms with Crippen LogP contribution in [-0.4, -0.2) is 0 Å². The normalized spacial score (nSPS) is 8.88. The first-order valence-electron chi connectivity index (χ1n) is 5.92. The Labute approximate surface area is 98.9 Å². The molecule has 1 heteroatoms. The summed E-state index contributed by atoms with van der Waals surface area (Å²) in [6, 6.07) is 6.87. The average Bonchev–Trinajstić information content (AvgIpc) is 2.30. The van der Waals surface area contributed by atoms with Gasteiger partial charge in [-0.05, 0) is 30.5 Å². The molecule has 0 heterocycles. The lowest BCUT2D eigenvalue weighted by Crippen LogP contribution is -1.85. The molecule has 1 aromatic rings. The smallest absolute Gasteiger partial charge is 0.123 e. The third-order valence-corrected chi connectivity index (χ3v) is 2.16. The Morgan fingerprint density at radius 3 is 2.44 bits per heavy atom. The molecule has 0 amide bonds. The van der Waals surface area contributed by atoms with Gasteiger partial charge in [0.05, 0.1) is 0 Å². The van der Waals surface area contributed by atoms with Crippen LogP contribution in [0.1, 0.15) is 45.1 Å². The minimum absolute atomic E-state index is 0.121. The molecule has 0 atom stereocenters. The first kappa shape index (κ1) is 14.7. The van der Waals surface area contributed by atoms with E-state index < -0.39 is 0 Å². The van der Waals surface area contributed by atoms with Gasteiger partial charge in [-0.2, -0.15) is 0 Å². The topological polar surface area (TPSA) is 0 Å². The molecule has 0 saturated heterocycles. The summed E-state index contributed by atoms with van der Waals surface area (Å²) >= 11 is 0. The zero-order chi connectivity index (χ0) is 12.2. The van der Waals surface area contributed by atoms with E-state index in [1.165, 1.54) is 25.3 Å². The zero-order valence-electron chi connectivity index (χ0n) is 10.3. The van der Waals surface area contributed by atoms with E-state index in [-0.39, 0.29) is 5.82 Å². The van der Waals surface area contributed by atoms with Gasteiger partial charge >= 0.3 is 0 Å². The van der Waals surface area contributed by atoms with Crippen LogP contribution in [-0.2, 0) is 6.42 Å². The van der Waals surface area contributed by atoms with Crippen molar-refractivity contribution in [3.8, 4) is 12.3 Å². The standard InChI is InChI=1S/C11H15F.C4H6/c1-2-3-4-6-10-7-5-8-11(12)9-10;1-3-4-2/h5,7-9H,2-4,6H2,1H3;1H,4H2,2H3. The van der Waals surface area contributed by atoms with Crippen LogP contribution in [0, 0.1) is 18.2 Å². The fraction of sp³-hybridized carbons (Fsp3) is 0.467. The van der Waals surface area contributed by atoms with Gasteiger partial charge in [0, 0.05) is 6.42 Å². The SMILES string of the molecule is C#CCC.CCCCCc1cccc(F)c1. The van der Waals surface area contributed by atoms with Crippen LogP contribution in [0.3, 0.4) is 0 Å². The van der Waals surface area contributed by atoms with Crippen molar-refractivity contribution in [3.05, 3.63) is 35.6 Å². The van der Waals surface area contributed by atoms with Crippen molar-refractivity contribution >= 4 is 0 Å². The lowest BCUT2D eigenvalue weighted by molar-refractivity contribution is 0.623. The molecule has 0 nitrogen and oxygen atoms in total. The lowest BCUT2D eigenvalue weighted by atomic mass is 10.1. The van der Waals surface area contributed by atoms with E-state index in [1.54, 1.807) is 12.1 Å². The maximum absolute atomic E-state index is 12.7. The monoisotopic (exact) mass is 220 g/mol. The molecule has 0 radical (unpaired) electrons. The molecule has 0 aromatic heterocycles. The molecule has 0 aliphatic carbocycles. The number of terminal acetylenes is 1. The maximum atomic E-state index is 12.7. The van der Waals surface area contributed by atoms with Gasteiger partial charge in [-0.3, -0.25) is 0 Å². The molecule has 0 bridgehead atoms. The van der Waals surface area contributed by atoms with Gasteiger partial charge in [-0.15, -0.1) is 12.3 Å². The van der Waals surface area contributed by atoms with E-state index in [9.17, 15) is 4.39 Å². The van der Waals surface area contributed by atoms with Gasteiger partial charge in [-0.1, -0.05) is 38.8 Å². The maximum Gasteiger partial charge on any atom is 0.123 e. The molecule has 0 aliphatic heterocycles. The van der Waals surface area contributed by atoms with E-state index in [0.29, 0.717) is 0 Å². The summed E-state index contributed by atoms with van der Waals surface area (Å²) in [5.41, 5.74) is 1.11. The summed E-state index contributed by atoms with van der Waals surface area (Å²) < 4.78 is 12.7. The highest BCUT2D eigenvalue weighted by molar-refractivity contribution is 5.16. The van der Waals surface area contributed by atoms with Gasteiger partial charge in [0.15, 0.2) is 0 Å². The molecule has 16 heavy (non-hydrogen) atoms. The minimum Gasteiger partial charge on any atom is -0.207 e. The fourth-order valence-corrected chi connectivity index (χ4v) is 1.27. The van der Waals surface area contributed by atoms with Crippen LogP contribution >= 0.6 is 0 Å². The average molecular weight is 220 g/mol. The summed E-state index contributed by atoms with van der Waals surface area (Å²) in [4.78, 5) is 0. The van der Waals surface area contributed by atoms with Crippen LogP contribution < -0.4 is 0 Å². The summed E-state index contributed by atoms with van der Waals surface area (Å²) in [6.45, 7) is 4.12. The van der Waals surface area contributed by atoms with E-state index in [4.69, 9.17) is 6.42 Å². The highest BCUT2D eigenvalue weighted by Gasteiger charge is 1.94. The third-order valence-electron chi connectivity index (χ3n) is 2.16. The van der Waals surface area contributed by atoms with Crippen molar-refractivity contribution in [2.75, 3.05) is 0 Å². The molecule has 0 spiro atoms. The Morgan fingerprint density at radius 2 is 1.94 bits per heavy atom. The molecule has 0 fully saturated rings. The van der Waals surface area contributed by atoms with Crippen molar-refractivity contribution in [2.45, 2.75) is 46.0 Å². The second-order valence-electron chi connectivity index (χ2n) is 3.64. The Hall–Kier alpha value is -1.29. The van der Waals surface area contributed by atoms with Crippen molar-refractivity contribution in [1.29, 1.82) is 0 Å². The van der Waals surface area contributed by atoms with Crippen molar-refractivity contribution < 1.29 is 4.39 Å². The first-order chi connectivity index (χ1) is 7.74. The molecule has 0 N–H and O–H groups in total. The number of unbranched alkanes of at least 4 members (excludes halogenated alkanes) is 2. The molecule has 0 unspecified atom stereocenters. The highest BCUT2D eigenvalue weighted by atomic mass is 19.1. The molecular weight excluding hydrogens is 199 g/mol. The van der Waals surface area contributed by atoms with Crippen LogP contribution in [0.15, 0.2) is 24.3 Å². The summed E-state index contributed by atoms with van der Waals surface area (Å²) in [5.74, 6) is 2.31. The quantitative estimate of drug-likeness (QED) is 0.514. The summed E-state index contributed by atoms with van der Waals surface area (Å²) in [5, 5.41) is 0. The third kappa shape index (κ3) is 8.05. The molecule has 1 aromatic carbocycles. The number of halogens is 1. The van der Waals surface area contributed by atoms with Crippen molar-refractivity contribution in [3.63, 3.8) is 0 Å². The number of benzene rings is 1. The van der Waals surface area contributed by atoms with Gasteiger partial charge in [0.1, 0.15) is 5.82 Å².